The third kappa shape index (κ3) is 3.91. The highest BCUT2D eigenvalue weighted by Gasteiger charge is 2.30. The third-order valence-electron chi connectivity index (χ3n) is 2.30. The molecular weight excluding hydrogens is 307 g/mol. The lowest BCUT2D eigenvalue weighted by Crippen LogP contribution is -2.05. The van der Waals surface area contributed by atoms with E-state index in [2.05, 4.69) is 19.7 Å². The van der Waals surface area contributed by atoms with E-state index in [9.17, 15) is 18.0 Å². The van der Waals surface area contributed by atoms with E-state index in [1.807, 2.05) is 0 Å². The molecular formula is C12H8F3N3O2S. The Balaban J connectivity index is 2.10. The second kappa shape index (κ2) is 6.08. The number of esters is 1. The number of halogens is 3. The van der Waals surface area contributed by atoms with Crippen molar-refractivity contribution in [2.75, 3.05) is 7.11 Å². The molecule has 0 N–H and O–H groups in total. The van der Waals surface area contributed by atoms with Crippen LogP contribution in [0.25, 0.3) is 0 Å². The molecule has 0 aromatic carbocycles. The topological polar surface area (TPSA) is 65.0 Å². The molecule has 2 heterocycles. The lowest BCUT2D eigenvalue weighted by Gasteiger charge is -2.06. The molecule has 0 amide bonds. The molecule has 0 bridgehead atoms. The maximum absolute atomic E-state index is 12.4. The Hall–Kier alpha value is -2.16. The third-order valence-corrected chi connectivity index (χ3v) is 3.17. The highest BCUT2D eigenvalue weighted by Crippen LogP contribution is 2.30. The van der Waals surface area contributed by atoms with E-state index in [-0.39, 0.29) is 5.69 Å². The molecule has 2 aromatic rings. The molecule has 0 saturated heterocycles. The van der Waals surface area contributed by atoms with Gasteiger partial charge in [0.2, 0.25) is 0 Å². The van der Waals surface area contributed by atoms with Gasteiger partial charge in [0.1, 0.15) is 10.1 Å². The lowest BCUT2D eigenvalue weighted by molar-refractivity contribution is -0.137. The van der Waals surface area contributed by atoms with Crippen molar-refractivity contribution in [3.8, 4) is 0 Å². The van der Waals surface area contributed by atoms with Crippen LogP contribution >= 0.6 is 11.8 Å². The van der Waals surface area contributed by atoms with Gasteiger partial charge >= 0.3 is 12.1 Å². The fourth-order valence-corrected chi connectivity index (χ4v) is 1.96. The maximum atomic E-state index is 12.4. The van der Waals surface area contributed by atoms with E-state index in [1.54, 1.807) is 0 Å². The van der Waals surface area contributed by atoms with Crippen molar-refractivity contribution in [3.05, 3.63) is 42.0 Å². The average molecular weight is 315 g/mol. The summed E-state index contributed by atoms with van der Waals surface area (Å²) < 4.78 is 41.6. The Morgan fingerprint density at radius 2 is 1.81 bits per heavy atom. The van der Waals surface area contributed by atoms with E-state index >= 15 is 0 Å². The maximum Gasteiger partial charge on any atom is 0.417 e. The molecule has 21 heavy (non-hydrogen) atoms. The van der Waals surface area contributed by atoms with Crippen molar-refractivity contribution in [2.24, 2.45) is 0 Å². The van der Waals surface area contributed by atoms with Gasteiger partial charge in [-0.1, -0.05) is 0 Å². The highest BCUT2D eigenvalue weighted by atomic mass is 32.2. The number of methoxy groups -OCH3 is 1. The summed E-state index contributed by atoms with van der Waals surface area (Å²) in [6.45, 7) is 0. The van der Waals surface area contributed by atoms with Crippen molar-refractivity contribution in [3.63, 3.8) is 0 Å². The molecule has 0 fully saturated rings. The van der Waals surface area contributed by atoms with Crippen LogP contribution in [0.4, 0.5) is 13.2 Å². The first-order valence-corrected chi connectivity index (χ1v) is 6.33. The summed E-state index contributed by atoms with van der Waals surface area (Å²) in [7, 11) is 1.22. The number of rotatable bonds is 3. The highest BCUT2D eigenvalue weighted by molar-refractivity contribution is 7.99. The normalized spacial score (nSPS) is 11.2. The molecule has 0 aliphatic heterocycles. The average Bonchev–Trinajstić information content (AvgIpc) is 2.47. The van der Waals surface area contributed by atoms with Crippen molar-refractivity contribution in [2.45, 2.75) is 16.2 Å². The molecule has 9 heteroatoms. The zero-order valence-corrected chi connectivity index (χ0v) is 11.4. The molecule has 2 aromatic heterocycles. The smallest absolute Gasteiger partial charge is 0.417 e. The van der Waals surface area contributed by atoms with E-state index in [0.717, 1.165) is 24.0 Å². The van der Waals surface area contributed by atoms with Gasteiger partial charge in [-0.15, -0.1) is 0 Å². The van der Waals surface area contributed by atoms with Crippen LogP contribution in [0.15, 0.2) is 40.8 Å². The molecule has 0 aliphatic carbocycles. The Morgan fingerprint density at radius 3 is 2.29 bits per heavy atom. The van der Waals surface area contributed by atoms with E-state index < -0.39 is 17.7 Å². The minimum atomic E-state index is -4.42. The number of pyridine rings is 1. The summed E-state index contributed by atoms with van der Waals surface area (Å²) >= 11 is 1.03. The summed E-state index contributed by atoms with van der Waals surface area (Å²) in [6.07, 6.45) is -1.13. The lowest BCUT2D eigenvalue weighted by atomic mass is 10.3. The van der Waals surface area contributed by atoms with Crippen LogP contribution in [0.3, 0.4) is 0 Å². The SMILES string of the molecule is COC(=O)c1cnc(Sc2ccc(C(F)(F)F)cn2)cn1. The summed E-state index contributed by atoms with van der Waals surface area (Å²) in [5.74, 6) is -0.619. The molecule has 0 spiro atoms. The van der Waals surface area contributed by atoms with Crippen molar-refractivity contribution >= 4 is 17.7 Å². The number of ether oxygens (including phenoxy) is 1. The molecule has 0 radical (unpaired) electrons. The number of alkyl halides is 3. The van der Waals surface area contributed by atoms with Gasteiger partial charge < -0.3 is 4.74 Å². The molecule has 0 aliphatic rings. The van der Waals surface area contributed by atoms with Gasteiger partial charge in [-0.3, -0.25) is 0 Å². The Morgan fingerprint density at radius 1 is 1.10 bits per heavy atom. The molecule has 0 saturated carbocycles. The summed E-state index contributed by atoms with van der Waals surface area (Å²) in [5, 5.41) is 0.734. The fraction of sp³-hybridized carbons (Fsp3) is 0.167. The van der Waals surface area contributed by atoms with Crippen LogP contribution in [0.2, 0.25) is 0 Å². The van der Waals surface area contributed by atoms with Crippen LogP contribution in [-0.4, -0.2) is 28.0 Å². The number of hydrogen-bond donors (Lipinski definition) is 0. The van der Waals surface area contributed by atoms with Gasteiger partial charge in [0.25, 0.3) is 0 Å². The number of aromatic nitrogens is 3. The van der Waals surface area contributed by atoms with Gasteiger partial charge in [-0.05, 0) is 23.9 Å². The number of carbonyl (C=O) groups excluding carboxylic acids is 1. The quantitative estimate of drug-likeness (QED) is 0.812. The summed E-state index contributed by atoms with van der Waals surface area (Å²) in [4.78, 5) is 22.7. The van der Waals surface area contributed by atoms with E-state index in [0.29, 0.717) is 10.1 Å². The van der Waals surface area contributed by atoms with Crippen LogP contribution < -0.4 is 0 Å². The number of carbonyl (C=O) groups is 1. The van der Waals surface area contributed by atoms with Gasteiger partial charge in [0, 0.05) is 6.20 Å². The summed E-state index contributed by atoms with van der Waals surface area (Å²) in [6, 6.07) is 2.18. The van der Waals surface area contributed by atoms with E-state index in [1.165, 1.54) is 25.6 Å². The van der Waals surface area contributed by atoms with E-state index in [4.69, 9.17) is 0 Å². The predicted molar refractivity (Wildman–Crippen MR) is 66.7 cm³/mol. The largest absolute Gasteiger partial charge is 0.464 e. The number of nitrogens with zero attached hydrogens (tertiary/aromatic N) is 3. The first kappa shape index (κ1) is 15.2. The second-order valence-corrected chi connectivity index (χ2v) is 4.76. The molecule has 110 valence electrons. The molecule has 0 unspecified atom stereocenters. The standard InChI is InChI=1S/C12H8F3N3O2S/c1-20-11(19)8-5-18-10(6-16-8)21-9-3-2-7(4-17-9)12(13,14)15/h2-6H,1H3. The van der Waals surface area contributed by atoms with Gasteiger partial charge in [-0.2, -0.15) is 13.2 Å². The van der Waals surface area contributed by atoms with Crippen LogP contribution in [-0.2, 0) is 10.9 Å². The monoisotopic (exact) mass is 315 g/mol. The molecule has 5 nitrogen and oxygen atoms in total. The first-order valence-electron chi connectivity index (χ1n) is 5.51. The van der Waals surface area contributed by atoms with Crippen LogP contribution in [0.5, 0.6) is 0 Å². The summed E-state index contributed by atoms with van der Waals surface area (Å²) in [5.41, 5.74) is -0.777. The van der Waals surface area contributed by atoms with Gasteiger partial charge in [0.15, 0.2) is 5.69 Å². The van der Waals surface area contributed by atoms with Crippen molar-refractivity contribution < 1.29 is 22.7 Å². The zero-order valence-electron chi connectivity index (χ0n) is 10.6. The van der Waals surface area contributed by atoms with Gasteiger partial charge in [0.05, 0.1) is 25.1 Å². The predicted octanol–water partition coefficient (Wildman–Crippen LogP) is 2.83. The number of hydrogen-bond acceptors (Lipinski definition) is 6. The Bertz CT molecular complexity index is 630. The minimum Gasteiger partial charge on any atom is -0.464 e. The van der Waals surface area contributed by atoms with Crippen LogP contribution in [0.1, 0.15) is 16.1 Å². The first-order chi connectivity index (χ1) is 9.90. The van der Waals surface area contributed by atoms with Crippen LogP contribution in [0, 0.1) is 0 Å². The Kier molecular flexibility index (Phi) is 4.41. The Labute approximate surface area is 121 Å². The van der Waals surface area contributed by atoms with Gasteiger partial charge in [-0.25, -0.2) is 19.7 Å². The fourth-order valence-electron chi connectivity index (χ4n) is 1.29. The second-order valence-electron chi connectivity index (χ2n) is 3.72. The van der Waals surface area contributed by atoms with Crippen molar-refractivity contribution in [1.82, 2.24) is 15.0 Å². The molecule has 0 atom stereocenters. The molecule has 2 rings (SSSR count). The van der Waals surface area contributed by atoms with Crippen molar-refractivity contribution in [1.29, 1.82) is 0 Å². The zero-order chi connectivity index (χ0) is 15.5. The minimum absolute atomic E-state index is 0.0437.